The predicted octanol–water partition coefficient (Wildman–Crippen LogP) is 4.19. The van der Waals surface area contributed by atoms with Crippen LogP contribution in [0.15, 0.2) is 54.6 Å². The second-order valence-electron chi connectivity index (χ2n) is 8.39. The first-order valence-corrected chi connectivity index (χ1v) is 10.7. The van der Waals surface area contributed by atoms with Crippen molar-refractivity contribution in [3.63, 3.8) is 0 Å². The van der Waals surface area contributed by atoms with Gasteiger partial charge >= 0.3 is 0 Å². The summed E-state index contributed by atoms with van der Waals surface area (Å²) < 4.78 is 0. The third-order valence-electron chi connectivity index (χ3n) is 5.17. The Morgan fingerprint density at radius 1 is 1.06 bits per heavy atom. The molecule has 3 N–H and O–H groups in total. The van der Waals surface area contributed by atoms with E-state index >= 15 is 0 Å². The summed E-state index contributed by atoms with van der Waals surface area (Å²) in [5.41, 5.74) is 2.26. The van der Waals surface area contributed by atoms with E-state index in [9.17, 15) is 9.59 Å². The zero-order chi connectivity index (χ0) is 21.8. The molecule has 7 nitrogen and oxygen atoms in total. The normalized spacial score (nSPS) is 14.3. The molecular formula is C24H27N5O2. The molecule has 160 valence electrons. The number of carbonyl (C=O) groups is 2. The van der Waals surface area contributed by atoms with Crippen LogP contribution in [0.4, 0.5) is 5.69 Å². The van der Waals surface area contributed by atoms with E-state index in [2.05, 4.69) is 25.8 Å². The SMILES string of the molecule is CC(C)CC(=O)NC(C(=O)Nc1ccc(-c2n[nH]c(C3CC3)n2)cc1)c1ccccc1. The number of rotatable bonds is 8. The van der Waals surface area contributed by atoms with Crippen LogP contribution in [0.1, 0.15) is 56.5 Å². The molecule has 0 spiro atoms. The molecule has 1 aromatic heterocycles. The highest BCUT2D eigenvalue weighted by Gasteiger charge is 2.27. The first-order chi connectivity index (χ1) is 15.0. The predicted molar refractivity (Wildman–Crippen MR) is 119 cm³/mol. The van der Waals surface area contributed by atoms with Crippen molar-refractivity contribution in [2.24, 2.45) is 5.92 Å². The van der Waals surface area contributed by atoms with E-state index in [1.165, 1.54) is 0 Å². The Balaban J connectivity index is 1.46. The molecule has 2 aromatic carbocycles. The highest BCUT2D eigenvalue weighted by molar-refractivity contribution is 5.98. The van der Waals surface area contributed by atoms with Crippen molar-refractivity contribution in [3.8, 4) is 11.4 Å². The first-order valence-electron chi connectivity index (χ1n) is 10.7. The van der Waals surface area contributed by atoms with Gasteiger partial charge in [0.25, 0.3) is 5.91 Å². The number of anilines is 1. The van der Waals surface area contributed by atoms with Crippen molar-refractivity contribution in [2.75, 3.05) is 5.32 Å². The van der Waals surface area contributed by atoms with E-state index in [1.807, 2.05) is 68.4 Å². The molecule has 7 heteroatoms. The molecule has 1 aliphatic carbocycles. The molecule has 1 heterocycles. The second kappa shape index (κ2) is 9.12. The van der Waals surface area contributed by atoms with E-state index in [-0.39, 0.29) is 17.7 Å². The van der Waals surface area contributed by atoms with Gasteiger partial charge in [0.15, 0.2) is 5.82 Å². The van der Waals surface area contributed by atoms with E-state index in [4.69, 9.17) is 0 Å². The Kier molecular flexibility index (Phi) is 6.11. The van der Waals surface area contributed by atoms with Crippen molar-refractivity contribution in [2.45, 2.75) is 45.1 Å². The fourth-order valence-electron chi connectivity index (χ4n) is 3.40. The number of aromatic amines is 1. The summed E-state index contributed by atoms with van der Waals surface area (Å²) in [6.07, 6.45) is 2.69. The number of benzene rings is 2. The van der Waals surface area contributed by atoms with Crippen molar-refractivity contribution >= 4 is 17.5 Å². The minimum atomic E-state index is -0.763. The maximum Gasteiger partial charge on any atom is 0.251 e. The van der Waals surface area contributed by atoms with Crippen LogP contribution in [0.5, 0.6) is 0 Å². The van der Waals surface area contributed by atoms with Crippen molar-refractivity contribution in [1.82, 2.24) is 20.5 Å². The van der Waals surface area contributed by atoms with Crippen molar-refractivity contribution in [3.05, 3.63) is 66.0 Å². The Bertz CT molecular complexity index is 1040. The van der Waals surface area contributed by atoms with Gasteiger partial charge in [-0.25, -0.2) is 4.98 Å². The van der Waals surface area contributed by atoms with E-state index in [1.54, 1.807) is 0 Å². The monoisotopic (exact) mass is 417 g/mol. The number of nitrogens with one attached hydrogen (secondary N) is 3. The second-order valence-corrected chi connectivity index (χ2v) is 8.39. The zero-order valence-electron chi connectivity index (χ0n) is 17.8. The Morgan fingerprint density at radius 3 is 2.42 bits per heavy atom. The summed E-state index contributed by atoms with van der Waals surface area (Å²) in [7, 11) is 0. The quantitative estimate of drug-likeness (QED) is 0.512. The topological polar surface area (TPSA) is 99.8 Å². The first kappa shape index (κ1) is 20.8. The summed E-state index contributed by atoms with van der Waals surface area (Å²) in [6.45, 7) is 3.95. The maximum atomic E-state index is 13.0. The molecule has 0 bridgehead atoms. The van der Waals surface area contributed by atoms with Crippen LogP contribution in [0.3, 0.4) is 0 Å². The van der Waals surface area contributed by atoms with E-state index in [0.29, 0.717) is 23.9 Å². The van der Waals surface area contributed by atoms with Crippen molar-refractivity contribution < 1.29 is 9.59 Å². The van der Waals surface area contributed by atoms with Crippen LogP contribution >= 0.6 is 0 Å². The molecule has 2 amide bonds. The third kappa shape index (κ3) is 5.36. The zero-order valence-corrected chi connectivity index (χ0v) is 17.8. The summed E-state index contributed by atoms with van der Waals surface area (Å²) in [5, 5.41) is 13.1. The van der Waals surface area contributed by atoms with Gasteiger partial charge in [-0.3, -0.25) is 14.7 Å². The summed E-state index contributed by atoms with van der Waals surface area (Å²) in [4.78, 5) is 29.9. The summed E-state index contributed by atoms with van der Waals surface area (Å²) in [6, 6.07) is 15.9. The van der Waals surface area contributed by atoms with Gasteiger partial charge in [-0.05, 0) is 48.6 Å². The molecule has 3 aromatic rings. The summed E-state index contributed by atoms with van der Waals surface area (Å²) in [5.74, 6) is 1.89. The molecule has 1 fully saturated rings. The van der Waals surface area contributed by atoms with Crippen molar-refractivity contribution in [1.29, 1.82) is 0 Å². The van der Waals surface area contributed by atoms with Gasteiger partial charge in [-0.15, -0.1) is 0 Å². The number of H-pyrrole nitrogens is 1. The van der Waals surface area contributed by atoms with Gasteiger partial charge < -0.3 is 10.6 Å². The van der Waals surface area contributed by atoms with Gasteiger partial charge in [0.2, 0.25) is 5.91 Å². The standard InChI is InChI=1S/C24H27N5O2/c1-15(2)14-20(30)26-21(16-6-4-3-5-7-16)24(31)25-19-12-10-18(11-13-19)23-27-22(28-29-23)17-8-9-17/h3-7,10-13,15,17,21H,8-9,14H2,1-2H3,(H,25,31)(H,26,30)(H,27,28,29). The Hall–Kier alpha value is -3.48. The van der Waals surface area contributed by atoms with Gasteiger partial charge in [-0.1, -0.05) is 44.2 Å². The number of hydrogen-bond acceptors (Lipinski definition) is 4. The smallest absolute Gasteiger partial charge is 0.251 e. The molecule has 0 saturated heterocycles. The van der Waals surface area contributed by atoms with Gasteiger partial charge in [0.05, 0.1) is 0 Å². The lowest BCUT2D eigenvalue weighted by atomic mass is 10.0. The lowest BCUT2D eigenvalue weighted by Crippen LogP contribution is -2.37. The number of aromatic nitrogens is 3. The van der Waals surface area contributed by atoms with Crippen LogP contribution in [-0.2, 0) is 9.59 Å². The van der Waals surface area contributed by atoms with Gasteiger partial charge in [-0.2, -0.15) is 5.10 Å². The van der Waals surface area contributed by atoms with E-state index in [0.717, 1.165) is 29.8 Å². The molecule has 4 rings (SSSR count). The number of carbonyl (C=O) groups excluding carboxylic acids is 2. The lowest BCUT2D eigenvalue weighted by Gasteiger charge is -2.19. The number of nitrogens with zero attached hydrogens (tertiary/aromatic N) is 2. The van der Waals surface area contributed by atoms with Crippen LogP contribution in [0, 0.1) is 5.92 Å². The minimum Gasteiger partial charge on any atom is -0.341 e. The molecule has 1 unspecified atom stereocenters. The van der Waals surface area contributed by atoms with E-state index < -0.39 is 6.04 Å². The van der Waals surface area contributed by atoms with Crippen LogP contribution in [-0.4, -0.2) is 27.0 Å². The van der Waals surface area contributed by atoms with Crippen LogP contribution < -0.4 is 10.6 Å². The summed E-state index contributed by atoms with van der Waals surface area (Å²) >= 11 is 0. The minimum absolute atomic E-state index is 0.148. The van der Waals surface area contributed by atoms with Gasteiger partial charge in [0, 0.05) is 23.6 Å². The molecule has 31 heavy (non-hydrogen) atoms. The molecule has 1 saturated carbocycles. The number of hydrogen-bond donors (Lipinski definition) is 3. The average Bonchev–Trinajstić information content (AvgIpc) is 3.49. The average molecular weight is 418 g/mol. The van der Waals surface area contributed by atoms with Crippen LogP contribution in [0.25, 0.3) is 11.4 Å². The third-order valence-corrected chi connectivity index (χ3v) is 5.17. The molecular weight excluding hydrogens is 390 g/mol. The fraction of sp³-hybridized carbons (Fsp3) is 0.333. The number of amides is 2. The maximum absolute atomic E-state index is 13.0. The molecule has 1 atom stereocenters. The van der Waals surface area contributed by atoms with Gasteiger partial charge in [0.1, 0.15) is 11.9 Å². The highest BCUT2D eigenvalue weighted by Crippen LogP contribution is 2.38. The fourth-order valence-corrected chi connectivity index (χ4v) is 3.40. The molecule has 1 aliphatic rings. The Labute approximate surface area is 181 Å². The largest absolute Gasteiger partial charge is 0.341 e. The van der Waals surface area contributed by atoms with Crippen LogP contribution in [0.2, 0.25) is 0 Å². The Morgan fingerprint density at radius 2 is 1.77 bits per heavy atom. The molecule has 0 radical (unpaired) electrons. The highest BCUT2D eigenvalue weighted by atomic mass is 16.2. The lowest BCUT2D eigenvalue weighted by molar-refractivity contribution is -0.127. The molecule has 0 aliphatic heterocycles.